The van der Waals surface area contributed by atoms with Crippen LogP contribution in [0.25, 0.3) is 0 Å². The Labute approximate surface area is 133 Å². The van der Waals surface area contributed by atoms with Crippen LogP contribution in [0.3, 0.4) is 0 Å². The summed E-state index contributed by atoms with van der Waals surface area (Å²) < 4.78 is 21.8. The molecular weight excluding hydrogens is 282 g/mol. The van der Waals surface area contributed by atoms with Gasteiger partial charge in [0, 0.05) is 6.54 Å². The summed E-state index contributed by atoms with van der Waals surface area (Å²) in [6.45, 7) is 4.70. The van der Waals surface area contributed by atoms with Gasteiger partial charge in [0.15, 0.2) is 11.5 Å². The van der Waals surface area contributed by atoms with Gasteiger partial charge in [0.25, 0.3) is 0 Å². The van der Waals surface area contributed by atoms with Gasteiger partial charge in [-0.15, -0.1) is 0 Å². The van der Waals surface area contributed by atoms with E-state index in [1.807, 2.05) is 12.1 Å². The van der Waals surface area contributed by atoms with Crippen LogP contribution in [0, 0.1) is 0 Å². The number of likely N-dealkylation sites (tertiary alicyclic amines) is 1. The van der Waals surface area contributed by atoms with Crippen molar-refractivity contribution in [3.8, 4) is 17.2 Å². The Morgan fingerprint density at radius 3 is 2.09 bits per heavy atom. The molecule has 5 heteroatoms. The van der Waals surface area contributed by atoms with Crippen molar-refractivity contribution in [2.24, 2.45) is 0 Å². The summed E-state index contributed by atoms with van der Waals surface area (Å²) in [5, 5.41) is 0. The maximum Gasteiger partial charge on any atom is 0.203 e. The van der Waals surface area contributed by atoms with E-state index in [9.17, 15) is 0 Å². The second-order valence-electron chi connectivity index (χ2n) is 5.49. The summed E-state index contributed by atoms with van der Waals surface area (Å²) in [4.78, 5) is 2.47. The van der Waals surface area contributed by atoms with Crippen LogP contribution in [0.5, 0.6) is 17.2 Å². The number of hydrogen-bond acceptors (Lipinski definition) is 5. The number of methoxy groups -OCH3 is 3. The molecule has 0 unspecified atom stereocenters. The fourth-order valence-corrected chi connectivity index (χ4v) is 2.79. The minimum Gasteiger partial charge on any atom is -0.493 e. The third-order valence-electron chi connectivity index (χ3n) is 3.99. The van der Waals surface area contributed by atoms with E-state index in [1.165, 1.54) is 32.4 Å². The van der Waals surface area contributed by atoms with E-state index in [0.717, 1.165) is 18.7 Å². The number of nitrogens with zero attached hydrogens (tertiary/aromatic N) is 1. The van der Waals surface area contributed by atoms with Crippen LogP contribution < -0.4 is 14.2 Å². The zero-order chi connectivity index (χ0) is 15.8. The van der Waals surface area contributed by atoms with Crippen molar-refractivity contribution < 1.29 is 18.9 Å². The van der Waals surface area contributed by atoms with E-state index in [4.69, 9.17) is 18.9 Å². The van der Waals surface area contributed by atoms with Gasteiger partial charge in [0.05, 0.1) is 34.5 Å². The maximum atomic E-state index is 5.80. The monoisotopic (exact) mass is 309 g/mol. The van der Waals surface area contributed by atoms with Gasteiger partial charge in [-0.2, -0.15) is 0 Å². The molecule has 1 aliphatic rings. The van der Waals surface area contributed by atoms with Crippen LogP contribution in [-0.4, -0.2) is 52.5 Å². The summed E-state index contributed by atoms with van der Waals surface area (Å²) in [6.07, 6.45) is 3.99. The van der Waals surface area contributed by atoms with Crippen molar-refractivity contribution in [1.29, 1.82) is 0 Å². The van der Waals surface area contributed by atoms with E-state index in [2.05, 4.69) is 4.90 Å². The lowest BCUT2D eigenvalue weighted by Gasteiger charge is -2.26. The van der Waals surface area contributed by atoms with Gasteiger partial charge in [-0.3, -0.25) is 0 Å². The molecule has 1 aliphatic heterocycles. The van der Waals surface area contributed by atoms with Crippen molar-refractivity contribution in [3.05, 3.63) is 17.7 Å². The fourth-order valence-electron chi connectivity index (χ4n) is 2.79. The van der Waals surface area contributed by atoms with Crippen molar-refractivity contribution in [3.63, 3.8) is 0 Å². The zero-order valence-corrected chi connectivity index (χ0v) is 13.9. The summed E-state index contributed by atoms with van der Waals surface area (Å²) in [7, 11) is 4.85. The minimum absolute atomic E-state index is 0.546. The van der Waals surface area contributed by atoms with E-state index in [-0.39, 0.29) is 0 Å². The van der Waals surface area contributed by atoms with Gasteiger partial charge < -0.3 is 23.8 Å². The van der Waals surface area contributed by atoms with Crippen LogP contribution >= 0.6 is 0 Å². The number of ether oxygens (including phenoxy) is 4. The van der Waals surface area contributed by atoms with Gasteiger partial charge >= 0.3 is 0 Å². The minimum atomic E-state index is 0.546. The van der Waals surface area contributed by atoms with Crippen LogP contribution in [0.1, 0.15) is 24.8 Å². The standard InChI is InChI=1S/C17H27NO4/c1-19-15-11-14(12-16(20-2)17(15)21-3)13-22-10-9-18-7-5-4-6-8-18/h11-12H,4-10,13H2,1-3H3. The van der Waals surface area contributed by atoms with Crippen LogP contribution in [0.2, 0.25) is 0 Å². The lowest BCUT2D eigenvalue weighted by molar-refractivity contribution is 0.0861. The van der Waals surface area contributed by atoms with Gasteiger partial charge in [0.1, 0.15) is 0 Å². The Morgan fingerprint density at radius 1 is 0.909 bits per heavy atom. The Kier molecular flexibility index (Phi) is 6.80. The SMILES string of the molecule is COc1cc(COCCN2CCCCC2)cc(OC)c1OC. The normalized spacial score (nSPS) is 15.6. The first-order chi connectivity index (χ1) is 10.8. The van der Waals surface area contributed by atoms with Crippen molar-refractivity contribution in [2.75, 3.05) is 47.6 Å². The molecule has 0 spiro atoms. The molecule has 1 saturated heterocycles. The fraction of sp³-hybridized carbons (Fsp3) is 0.647. The van der Waals surface area contributed by atoms with Gasteiger partial charge in [-0.25, -0.2) is 0 Å². The second-order valence-corrected chi connectivity index (χ2v) is 5.49. The average Bonchev–Trinajstić information content (AvgIpc) is 2.58. The Bertz CT molecular complexity index is 433. The molecule has 0 aliphatic carbocycles. The molecule has 2 rings (SSSR count). The molecule has 124 valence electrons. The highest BCUT2D eigenvalue weighted by Crippen LogP contribution is 2.38. The number of piperidine rings is 1. The van der Waals surface area contributed by atoms with E-state index >= 15 is 0 Å². The van der Waals surface area contributed by atoms with Crippen molar-refractivity contribution in [2.45, 2.75) is 25.9 Å². The molecule has 0 bridgehead atoms. The first kappa shape index (κ1) is 16.9. The highest BCUT2D eigenvalue weighted by molar-refractivity contribution is 5.53. The quantitative estimate of drug-likeness (QED) is 0.691. The molecule has 1 fully saturated rings. The predicted molar refractivity (Wildman–Crippen MR) is 86.0 cm³/mol. The molecule has 1 aromatic carbocycles. The maximum absolute atomic E-state index is 5.80. The molecule has 1 aromatic rings. The highest BCUT2D eigenvalue weighted by Gasteiger charge is 2.13. The summed E-state index contributed by atoms with van der Waals surface area (Å²) in [5.41, 5.74) is 1.02. The molecule has 0 amide bonds. The third-order valence-corrected chi connectivity index (χ3v) is 3.99. The van der Waals surface area contributed by atoms with E-state index in [1.54, 1.807) is 21.3 Å². The second kappa shape index (κ2) is 8.86. The Balaban J connectivity index is 1.86. The Morgan fingerprint density at radius 2 is 1.55 bits per heavy atom. The van der Waals surface area contributed by atoms with Gasteiger partial charge in [0.2, 0.25) is 5.75 Å². The zero-order valence-electron chi connectivity index (χ0n) is 13.9. The molecule has 0 saturated carbocycles. The Hall–Kier alpha value is -1.46. The summed E-state index contributed by atoms with van der Waals surface area (Å²) in [6, 6.07) is 3.87. The van der Waals surface area contributed by atoms with E-state index < -0.39 is 0 Å². The first-order valence-electron chi connectivity index (χ1n) is 7.87. The van der Waals surface area contributed by atoms with Crippen molar-refractivity contribution >= 4 is 0 Å². The lowest BCUT2D eigenvalue weighted by Crippen LogP contribution is -2.32. The van der Waals surface area contributed by atoms with Gasteiger partial charge in [-0.1, -0.05) is 6.42 Å². The molecule has 1 heterocycles. The topological polar surface area (TPSA) is 40.2 Å². The van der Waals surface area contributed by atoms with Crippen LogP contribution in [-0.2, 0) is 11.3 Å². The highest BCUT2D eigenvalue weighted by atomic mass is 16.5. The summed E-state index contributed by atoms with van der Waals surface area (Å²) >= 11 is 0. The largest absolute Gasteiger partial charge is 0.493 e. The number of benzene rings is 1. The number of hydrogen-bond donors (Lipinski definition) is 0. The van der Waals surface area contributed by atoms with Crippen molar-refractivity contribution in [1.82, 2.24) is 4.90 Å². The smallest absolute Gasteiger partial charge is 0.203 e. The first-order valence-corrected chi connectivity index (χ1v) is 7.87. The molecule has 0 aromatic heterocycles. The van der Waals surface area contributed by atoms with E-state index in [0.29, 0.717) is 23.9 Å². The molecule has 0 radical (unpaired) electrons. The molecule has 22 heavy (non-hydrogen) atoms. The molecule has 5 nitrogen and oxygen atoms in total. The average molecular weight is 309 g/mol. The van der Waals surface area contributed by atoms with Crippen LogP contribution in [0.4, 0.5) is 0 Å². The van der Waals surface area contributed by atoms with Crippen LogP contribution in [0.15, 0.2) is 12.1 Å². The molecular formula is C17H27NO4. The molecule has 0 N–H and O–H groups in total. The predicted octanol–water partition coefficient (Wildman–Crippen LogP) is 2.71. The third kappa shape index (κ3) is 4.52. The van der Waals surface area contributed by atoms with Gasteiger partial charge in [-0.05, 0) is 43.6 Å². The number of rotatable bonds is 8. The molecule has 0 atom stereocenters. The lowest BCUT2D eigenvalue weighted by atomic mass is 10.1. The summed E-state index contributed by atoms with van der Waals surface area (Å²) in [5.74, 6) is 1.94.